The molecule has 1 saturated heterocycles. The van der Waals surface area contributed by atoms with Crippen molar-refractivity contribution < 1.29 is 4.79 Å². The Kier molecular flexibility index (Phi) is 9.80. The van der Waals surface area contributed by atoms with Crippen LogP contribution in [0.15, 0.2) is 60.7 Å². The molecule has 2 unspecified atom stereocenters. The molecule has 0 spiro atoms. The van der Waals surface area contributed by atoms with Crippen molar-refractivity contribution in [1.82, 2.24) is 4.90 Å². The van der Waals surface area contributed by atoms with Crippen LogP contribution in [0.1, 0.15) is 31.4 Å². The molecule has 1 aliphatic heterocycles. The Bertz CT molecular complexity index is 706. The van der Waals surface area contributed by atoms with Crippen LogP contribution in [0.25, 0.3) is 0 Å². The minimum absolute atomic E-state index is 0. The first-order valence-corrected chi connectivity index (χ1v) is 9.45. The number of rotatable bonds is 5. The number of hydrogen-bond acceptors (Lipinski definition) is 3. The maximum atomic E-state index is 12.9. The van der Waals surface area contributed by atoms with Gasteiger partial charge in [-0.1, -0.05) is 55.5 Å². The maximum Gasteiger partial charge on any atom is 0.227 e. The van der Waals surface area contributed by atoms with Crippen molar-refractivity contribution in [3.05, 3.63) is 66.2 Å². The van der Waals surface area contributed by atoms with Gasteiger partial charge in [-0.3, -0.25) is 4.79 Å². The topological polar surface area (TPSA) is 49.6 Å². The lowest BCUT2D eigenvalue weighted by molar-refractivity contribution is -0.136. The number of nitrogens with zero attached hydrogens (tertiary/aromatic N) is 2. The SMILES string of the molecule is CC(C(=O)N1CCC(N(C)c2ccccc2)CC1)C(N)c1ccccc1.Cl.Cl. The second kappa shape index (κ2) is 11.3. The van der Waals surface area contributed by atoms with E-state index in [1.807, 2.05) is 48.2 Å². The molecule has 0 saturated carbocycles. The molecule has 0 radical (unpaired) electrons. The molecule has 6 heteroatoms. The van der Waals surface area contributed by atoms with E-state index in [2.05, 4.69) is 36.2 Å². The smallest absolute Gasteiger partial charge is 0.227 e. The van der Waals surface area contributed by atoms with Crippen molar-refractivity contribution in [2.24, 2.45) is 11.7 Å². The summed E-state index contributed by atoms with van der Waals surface area (Å²) in [5.74, 6) is -0.0389. The van der Waals surface area contributed by atoms with Crippen LogP contribution in [0.3, 0.4) is 0 Å². The first-order chi connectivity index (χ1) is 12.6. The third-order valence-corrected chi connectivity index (χ3v) is 5.60. The Morgan fingerprint density at radius 2 is 1.50 bits per heavy atom. The highest BCUT2D eigenvalue weighted by molar-refractivity contribution is 5.85. The van der Waals surface area contributed by atoms with Crippen molar-refractivity contribution in [2.45, 2.75) is 31.8 Å². The van der Waals surface area contributed by atoms with Gasteiger partial charge in [0, 0.05) is 37.9 Å². The van der Waals surface area contributed by atoms with Crippen LogP contribution in [0, 0.1) is 5.92 Å². The molecular formula is C22H31Cl2N3O. The average molecular weight is 424 g/mol. The highest BCUT2D eigenvalue weighted by Crippen LogP contribution is 2.25. The molecule has 2 aromatic carbocycles. The van der Waals surface area contributed by atoms with Gasteiger partial charge in [0.15, 0.2) is 0 Å². The Hall–Kier alpha value is -1.75. The van der Waals surface area contributed by atoms with Crippen LogP contribution >= 0.6 is 24.8 Å². The van der Waals surface area contributed by atoms with Crippen LogP contribution in [0.5, 0.6) is 0 Å². The highest BCUT2D eigenvalue weighted by Gasteiger charge is 2.30. The standard InChI is InChI=1S/C22H29N3O.2ClH/c1-17(21(23)18-9-5-3-6-10-18)22(26)25-15-13-20(14-16-25)24(2)19-11-7-4-8-12-19;;/h3-12,17,20-21H,13-16,23H2,1-2H3;2*1H. The second-order valence-electron chi connectivity index (χ2n) is 7.23. The lowest BCUT2D eigenvalue weighted by Gasteiger charge is -2.39. The highest BCUT2D eigenvalue weighted by atomic mass is 35.5. The summed E-state index contributed by atoms with van der Waals surface area (Å²) in [7, 11) is 2.14. The number of hydrogen-bond donors (Lipinski definition) is 1. The molecule has 28 heavy (non-hydrogen) atoms. The number of nitrogens with two attached hydrogens (primary N) is 1. The first-order valence-electron chi connectivity index (χ1n) is 9.45. The number of carbonyl (C=O) groups excluding carboxylic acids is 1. The first kappa shape index (κ1) is 24.3. The Labute approximate surface area is 180 Å². The van der Waals surface area contributed by atoms with Crippen LogP contribution in [0.4, 0.5) is 5.69 Å². The van der Waals surface area contributed by atoms with Gasteiger partial charge in [0.1, 0.15) is 0 Å². The maximum absolute atomic E-state index is 12.9. The number of piperidine rings is 1. The minimum atomic E-state index is -0.256. The molecule has 0 bridgehead atoms. The molecule has 3 rings (SSSR count). The van der Waals surface area contributed by atoms with Gasteiger partial charge in [0.05, 0.1) is 5.92 Å². The van der Waals surface area contributed by atoms with Gasteiger partial charge in [-0.15, -0.1) is 24.8 Å². The van der Waals surface area contributed by atoms with E-state index in [-0.39, 0.29) is 42.7 Å². The molecule has 2 aromatic rings. The van der Waals surface area contributed by atoms with Gasteiger partial charge in [0.25, 0.3) is 0 Å². The predicted octanol–water partition coefficient (Wildman–Crippen LogP) is 4.29. The molecule has 0 aromatic heterocycles. The lowest BCUT2D eigenvalue weighted by atomic mass is 9.93. The van der Waals surface area contributed by atoms with Gasteiger partial charge < -0.3 is 15.5 Å². The van der Waals surface area contributed by atoms with E-state index in [1.165, 1.54) is 5.69 Å². The Morgan fingerprint density at radius 1 is 1.00 bits per heavy atom. The molecule has 4 nitrogen and oxygen atoms in total. The van der Waals surface area contributed by atoms with E-state index in [1.54, 1.807) is 0 Å². The third-order valence-electron chi connectivity index (χ3n) is 5.60. The summed E-state index contributed by atoms with van der Waals surface area (Å²) in [6, 6.07) is 20.6. The zero-order valence-electron chi connectivity index (χ0n) is 16.5. The summed E-state index contributed by atoms with van der Waals surface area (Å²) in [5.41, 5.74) is 8.60. The normalized spacial score (nSPS) is 16.3. The third kappa shape index (κ3) is 5.63. The van der Waals surface area contributed by atoms with E-state index in [4.69, 9.17) is 5.73 Å². The van der Waals surface area contributed by atoms with E-state index in [0.29, 0.717) is 6.04 Å². The summed E-state index contributed by atoms with van der Waals surface area (Å²) in [4.78, 5) is 17.2. The second-order valence-corrected chi connectivity index (χ2v) is 7.23. The zero-order chi connectivity index (χ0) is 18.5. The summed E-state index contributed by atoms with van der Waals surface area (Å²) >= 11 is 0. The van der Waals surface area contributed by atoms with Gasteiger partial charge in [-0.2, -0.15) is 0 Å². The van der Waals surface area contributed by atoms with Crippen LogP contribution in [0.2, 0.25) is 0 Å². The number of anilines is 1. The zero-order valence-corrected chi connectivity index (χ0v) is 18.2. The van der Waals surface area contributed by atoms with Crippen LogP contribution in [-0.4, -0.2) is 37.0 Å². The van der Waals surface area contributed by atoms with E-state index in [9.17, 15) is 4.79 Å². The molecular weight excluding hydrogens is 393 g/mol. The molecule has 2 N–H and O–H groups in total. The molecule has 154 valence electrons. The van der Waals surface area contributed by atoms with Crippen molar-refractivity contribution >= 4 is 36.4 Å². The van der Waals surface area contributed by atoms with Gasteiger partial charge in [-0.05, 0) is 30.5 Å². The average Bonchev–Trinajstić information content (AvgIpc) is 2.73. The fraction of sp³-hybridized carbons (Fsp3) is 0.409. The summed E-state index contributed by atoms with van der Waals surface area (Å²) < 4.78 is 0. The minimum Gasteiger partial charge on any atom is -0.371 e. The van der Waals surface area contributed by atoms with E-state index in [0.717, 1.165) is 31.5 Å². The molecule has 1 heterocycles. The Morgan fingerprint density at radius 3 is 2.04 bits per heavy atom. The number of likely N-dealkylation sites (tertiary alicyclic amines) is 1. The number of para-hydroxylation sites is 1. The van der Waals surface area contributed by atoms with Crippen molar-refractivity contribution in [1.29, 1.82) is 0 Å². The molecule has 0 aliphatic carbocycles. The fourth-order valence-electron chi connectivity index (χ4n) is 3.75. The van der Waals surface area contributed by atoms with Gasteiger partial charge >= 0.3 is 0 Å². The largest absolute Gasteiger partial charge is 0.371 e. The molecule has 1 aliphatic rings. The lowest BCUT2D eigenvalue weighted by Crippen LogP contribution is -2.48. The fourth-order valence-corrected chi connectivity index (χ4v) is 3.75. The predicted molar refractivity (Wildman–Crippen MR) is 121 cm³/mol. The monoisotopic (exact) mass is 423 g/mol. The van der Waals surface area contributed by atoms with E-state index >= 15 is 0 Å². The summed E-state index contributed by atoms with van der Waals surface area (Å²) in [6.07, 6.45) is 1.98. The number of amides is 1. The summed E-state index contributed by atoms with van der Waals surface area (Å²) in [5, 5.41) is 0. The number of benzene rings is 2. The van der Waals surface area contributed by atoms with Crippen molar-refractivity contribution in [2.75, 3.05) is 25.0 Å². The summed E-state index contributed by atoms with van der Waals surface area (Å²) in [6.45, 7) is 3.54. The van der Waals surface area contributed by atoms with Crippen molar-refractivity contribution in [3.63, 3.8) is 0 Å². The number of halogens is 2. The van der Waals surface area contributed by atoms with Gasteiger partial charge in [0.2, 0.25) is 5.91 Å². The Balaban J connectivity index is 0.00000196. The van der Waals surface area contributed by atoms with E-state index < -0.39 is 0 Å². The molecule has 2 atom stereocenters. The van der Waals surface area contributed by atoms with Gasteiger partial charge in [-0.25, -0.2) is 0 Å². The van der Waals surface area contributed by atoms with Crippen LogP contribution < -0.4 is 10.6 Å². The number of carbonyl (C=O) groups is 1. The molecule has 1 fully saturated rings. The van der Waals surface area contributed by atoms with Crippen molar-refractivity contribution in [3.8, 4) is 0 Å². The quantitative estimate of drug-likeness (QED) is 0.779. The van der Waals surface area contributed by atoms with Crippen LogP contribution in [-0.2, 0) is 4.79 Å². The molecule has 1 amide bonds.